The van der Waals surface area contributed by atoms with E-state index in [-0.39, 0.29) is 27.5 Å². The maximum absolute atomic E-state index is 13.1. The molecular formula is C26H15ClF3N3O3. The molecule has 0 amide bonds. The molecule has 0 bridgehead atoms. The Hall–Kier alpha value is -4.24. The molecule has 0 atom stereocenters. The van der Waals surface area contributed by atoms with Crippen LogP contribution in [0.1, 0.15) is 33.5 Å². The van der Waals surface area contributed by atoms with Crippen LogP contribution in [0.3, 0.4) is 0 Å². The van der Waals surface area contributed by atoms with Gasteiger partial charge in [0.2, 0.25) is 0 Å². The number of rotatable bonds is 4. The van der Waals surface area contributed by atoms with Gasteiger partial charge in [0.25, 0.3) is 5.56 Å². The van der Waals surface area contributed by atoms with Gasteiger partial charge in [-0.2, -0.15) is 13.2 Å². The number of hydrogen-bond donors (Lipinski definition) is 2. The number of carbonyl (C=O) groups excluding carboxylic acids is 2. The zero-order valence-corrected chi connectivity index (χ0v) is 19.2. The summed E-state index contributed by atoms with van der Waals surface area (Å²) in [6.07, 6.45) is -3.93. The van der Waals surface area contributed by atoms with Crippen LogP contribution < -0.4 is 5.56 Å². The molecule has 2 heterocycles. The average molecular weight is 510 g/mol. The van der Waals surface area contributed by atoms with Gasteiger partial charge in [0.05, 0.1) is 22.2 Å². The molecule has 6 nitrogen and oxygen atoms in total. The maximum atomic E-state index is 13.1. The number of fused-ring (bicyclic) bond motifs is 2. The molecule has 180 valence electrons. The van der Waals surface area contributed by atoms with Crippen molar-refractivity contribution >= 4 is 45.6 Å². The Morgan fingerprint density at radius 2 is 1.67 bits per heavy atom. The van der Waals surface area contributed by atoms with Crippen LogP contribution in [0.15, 0.2) is 59.4 Å². The Morgan fingerprint density at radius 3 is 2.31 bits per heavy atom. The summed E-state index contributed by atoms with van der Waals surface area (Å²) in [6.45, 7) is 1.22. The third kappa shape index (κ3) is 3.97. The van der Waals surface area contributed by atoms with Gasteiger partial charge in [-0.3, -0.25) is 14.4 Å². The summed E-state index contributed by atoms with van der Waals surface area (Å²) in [4.78, 5) is 46.0. The Kier molecular flexibility index (Phi) is 5.52. The number of aldehydes is 1. The molecule has 5 rings (SSSR count). The number of carbonyl (C=O) groups is 2. The van der Waals surface area contributed by atoms with Gasteiger partial charge in [-0.15, -0.1) is 0 Å². The van der Waals surface area contributed by atoms with E-state index < -0.39 is 23.1 Å². The molecule has 0 saturated heterocycles. The van der Waals surface area contributed by atoms with Crippen molar-refractivity contribution in [2.45, 2.75) is 13.1 Å². The summed E-state index contributed by atoms with van der Waals surface area (Å²) in [5.41, 5.74) is 1.54. The highest BCUT2D eigenvalue weighted by Crippen LogP contribution is 2.38. The van der Waals surface area contributed by atoms with E-state index >= 15 is 0 Å². The lowest BCUT2D eigenvalue weighted by atomic mass is 9.92. The van der Waals surface area contributed by atoms with E-state index in [9.17, 15) is 27.6 Å². The molecular weight excluding hydrogens is 495 g/mol. The first-order valence-electron chi connectivity index (χ1n) is 10.6. The number of benzene rings is 3. The molecule has 0 aliphatic heterocycles. The first-order valence-corrected chi connectivity index (χ1v) is 11.0. The van der Waals surface area contributed by atoms with E-state index in [1.165, 1.54) is 19.1 Å². The molecule has 0 aliphatic rings. The van der Waals surface area contributed by atoms with E-state index in [0.29, 0.717) is 39.3 Å². The summed E-state index contributed by atoms with van der Waals surface area (Å²) in [5, 5.41) is 0.686. The van der Waals surface area contributed by atoms with Crippen LogP contribution in [0.25, 0.3) is 44.2 Å². The standard InChI is InChI=1S/C26H15ClF3N3O3/c1-12(35)23-24(13-2-5-15(6-3-13)26(28,29)30)17-9-18(27)16(10-20(17)33-25(23)36)14-4-7-19-21(8-14)32-22(11-34)31-19/h2-11H,1H3,(H,31,32)(H,33,36). The second-order valence-corrected chi connectivity index (χ2v) is 8.59. The number of pyridine rings is 1. The molecule has 5 aromatic rings. The van der Waals surface area contributed by atoms with Crippen molar-refractivity contribution in [3.05, 3.63) is 86.9 Å². The lowest BCUT2D eigenvalue weighted by molar-refractivity contribution is -0.137. The smallest absolute Gasteiger partial charge is 0.336 e. The fourth-order valence-electron chi connectivity index (χ4n) is 4.25. The first-order chi connectivity index (χ1) is 17.1. The zero-order chi connectivity index (χ0) is 25.8. The summed E-state index contributed by atoms with van der Waals surface area (Å²) in [6, 6.07) is 12.7. The van der Waals surface area contributed by atoms with Gasteiger partial charge in [-0.05, 0) is 54.4 Å². The van der Waals surface area contributed by atoms with Gasteiger partial charge in [-0.25, -0.2) is 4.98 Å². The molecule has 2 aromatic heterocycles. The number of aromatic amines is 2. The van der Waals surface area contributed by atoms with Gasteiger partial charge in [-0.1, -0.05) is 29.8 Å². The number of halogens is 4. The van der Waals surface area contributed by atoms with Crippen LogP contribution in [0.5, 0.6) is 0 Å². The first kappa shape index (κ1) is 23.5. The van der Waals surface area contributed by atoms with Gasteiger partial charge in [0, 0.05) is 27.1 Å². The Bertz CT molecular complexity index is 1750. The van der Waals surface area contributed by atoms with Crippen LogP contribution in [0.4, 0.5) is 13.2 Å². The number of aromatic nitrogens is 3. The largest absolute Gasteiger partial charge is 0.416 e. The Morgan fingerprint density at radius 1 is 0.972 bits per heavy atom. The average Bonchev–Trinajstić information content (AvgIpc) is 3.25. The molecule has 0 spiro atoms. The molecule has 10 heteroatoms. The highest BCUT2D eigenvalue weighted by molar-refractivity contribution is 6.34. The van der Waals surface area contributed by atoms with Crippen molar-refractivity contribution in [2.24, 2.45) is 0 Å². The fraction of sp³-hybridized carbons (Fsp3) is 0.0769. The Balaban J connectivity index is 1.75. The second-order valence-electron chi connectivity index (χ2n) is 8.18. The predicted octanol–water partition coefficient (Wildman–Crippen LogP) is 6.43. The van der Waals surface area contributed by atoms with Gasteiger partial charge in [0.1, 0.15) is 0 Å². The third-order valence-electron chi connectivity index (χ3n) is 5.88. The van der Waals surface area contributed by atoms with E-state index in [1.54, 1.807) is 30.3 Å². The summed E-state index contributed by atoms with van der Waals surface area (Å²) >= 11 is 6.63. The minimum absolute atomic E-state index is 0.175. The lowest BCUT2D eigenvalue weighted by Gasteiger charge is -2.15. The molecule has 2 N–H and O–H groups in total. The number of imidazole rings is 1. The summed E-state index contributed by atoms with van der Waals surface area (Å²) < 4.78 is 39.2. The van der Waals surface area contributed by atoms with Crippen molar-refractivity contribution in [2.75, 3.05) is 0 Å². The number of nitrogens with zero attached hydrogens (tertiary/aromatic N) is 1. The topological polar surface area (TPSA) is 95.7 Å². The quantitative estimate of drug-likeness (QED) is 0.216. The van der Waals surface area contributed by atoms with E-state index in [2.05, 4.69) is 15.0 Å². The van der Waals surface area contributed by atoms with Gasteiger partial charge in [0.15, 0.2) is 17.9 Å². The van der Waals surface area contributed by atoms with Crippen LogP contribution in [0, 0.1) is 0 Å². The predicted molar refractivity (Wildman–Crippen MR) is 130 cm³/mol. The number of H-pyrrole nitrogens is 2. The van der Waals surface area contributed by atoms with Crippen LogP contribution >= 0.6 is 11.6 Å². The van der Waals surface area contributed by atoms with Gasteiger partial charge >= 0.3 is 6.18 Å². The second kappa shape index (κ2) is 8.46. The normalized spacial score (nSPS) is 11.8. The molecule has 0 aliphatic carbocycles. The highest BCUT2D eigenvalue weighted by atomic mass is 35.5. The van der Waals surface area contributed by atoms with E-state index in [4.69, 9.17) is 11.6 Å². The zero-order valence-electron chi connectivity index (χ0n) is 18.5. The third-order valence-corrected chi connectivity index (χ3v) is 6.19. The van der Waals surface area contributed by atoms with Crippen molar-refractivity contribution in [1.82, 2.24) is 15.0 Å². The summed E-state index contributed by atoms with van der Waals surface area (Å²) in [7, 11) is 0. The fourth-order valence-corrected chi connectivity index (χ4v) is 4.52. The van der Waals surface area contributed by atoms with Crippen LogP contribution in [-0.2, 0) is 6.18 Å². The van der Waals surface area contributed by atoms with E-state index in [1.807, 2.05) is 0 Å². The van der Waals surface area contributed by atoms with Crippen molar-refractivity contribution in [3.8, 4) is 22.3 Å². The van der Waals surface area contributed by atoms with Crippen LogP contribution in [-0.4, -0.2) is 27.0 Å². The van der Waals surface area contributed by atoms with E-state index in [0.717, 1.165) is 12.1 Å². The summed E-state index contributed by atoms with van der Waals surface area (Å²) in [5.74, 6) is -0.363. The number of Topliss-reactive ketones (excluding diaryl/α,β-unsaturated/α-hetero) is 1. The molecule has 3 aromatic carbocycles. The number of nitrogens with one attached hydrogen (secondary N) is 2. The molecule has 0 fully saturated rings. The SMILES string of the molecule is CC(=O)c1c(-c2ccc(C(F)(F)F)cc2)c2cc(Cl)c(-c3ccc4nc(C=O)[nH]c4c3)cc2[nH]c1=O. The highest BCUT2D eigenvalue weighted by Gasteiger charge is 2.30. The number of alkyl halides is 3. The lowest BCUT2D eigenvalue weighted by Crippen LogP contribution is -2.18. The van der Waals surface area contributed by atoms with Crippen molar-refractivity contribution < 1.29 is 22.8 Å². The minimum Gasteiger partial charge on any atom is -0.336 e. The number of ketones is 1. The Labute approximate surface area is 205 Å². The monoisotopic (exact) mass is 509 g/mol. The molecule has 0 saturated carbocycles. The van der Waals surface area contributed by atoms with Crippen molar-refractivity contribution in [1.29, 1.82) is 0 Å². The molecule has 0 radical (unpaired) electrons. The molecule has 36 heavy (non-hydrogen) atoms. The van der Waals surface area contributed by atoms with Gasteiger partial charge < -0.3 is 9.97 Å². The molecule has 0 unspecified atom stereocenters. The minimum atomic E-state index is -4.53. The number of hydrogen-bond acceptors (Lipinski definition) is 4. The van der Waals surface area contributed by atoms with Crippen LogP contribution in [0.2, 0.25) is 5.02 Å². The maximum Gasteiger partial charge on any atom is 0.416 e. The van der Waals surface area contributed by atoms with Crippen molar-refractivity contribution in [3.63, 3.8) is 0 Å².